The van der Waals surface area contributed by atoms with Crippen molar-refractivity contribution in [1.82, 2.24) is 15.5 Å². The second-order valence-electron chi connectivity index (χ2n) is 6.54. The van der Waals surface area contributed by atoms with E-state index in [2.05, 4.69) is 36.3 Å². The summed E-state index contributed by atoms with van der Waals surface area (Å²) in [4.78, 5) is 0. The van der Waals surface area contributed by atoms with Crippen LogP contribution >= 0.6 is 11.3 Å². The Bertz CT molecular complexity index is 394. The third-order valence-corrected chi connectivity index (χ3v) is 4.48. The molecule has 0 radical (unpaired) electrons. The lowest BCUT2D eigenvalue weighted by Crippen LogP contribution is -2.36. The molecule has 0 saturated carbocycles. The summed E-state index contributed by atoms with van der Waals surface area (Å²) in [6.45, 7) is 8.56. The third-order valence-electron chi connectivity index (χ3n) is 3.44. The first-order chi connectivity index (χ1) is 9.53. The molecule has 1 saturated heterocycles. The summed E-state index contributed by atoms with van der Waals surface area (Å²) in [6, 6.07) is 0. The summed E-state index contributed by atoms with van der Waals surface area (Å²) in [7, 11) is 0. The molecule has 0 spiro atoms. The molecule has 1 unspecified atom stereocenters. The molecular formula is C15H27N3OS. The first-order valence-electron chi connectivity index (χ1n) is 7.71. The number of aromatic nitrogens is 2. The topological polar surface area (TPSA) is 47.0 Å². The maximum Gasteiger partial charge on any atom is 0.117 e. The Morgan fingerprint density at radius 3 is 2.65 bits per heavy atom. The fraction of sp³-hybridized carbons (Fsp3) is 0.867. The zero-order valence-corrected chi connectivity index (χ0v) is 13.8. The fourth-order valence-corrected chi connectivity index (χ4v) is 3.25. The van der Waals surface area contributed by atoms with Crippen molar-refractivity contribution in [1.29, 1.82) is 0 Å². The maximum atomic E-state index is 5.64. The zero-order valence-electron chi connectivity index (χ0n) is 12.9. The number of nitrogens with one attached hydrogen (secondary N) is 1. The highest BCUT2D eigenvalue weighted by Crippen LogP contribution is 2.19. The molecule has 0 aliphatic carbocycles. The lowest BCUT2D eigenvalue weighted by molar-refractivity contribution is 0.104. The predicted molar refractivity (Wildman–Crippen MR) is 83.3 cm³/mol. The summed E-state index contributed by atoms with van der Waals surface area (Å²) < 4.78 is 5.64. The minimum atomic E-state index is 0.202. The van der Waals surface area contributed by atoms with E-state index in [1.54, 1.807) is 11.3 Å². The largest absolute Gasteiger partial charge is 0.378 e. The second-order valence-corrected chi connectivity index (χ2v) is 7.69. The molecule has 1 fully saturated rings. The van der Waals surface area contributed by atoms with Gasteiger partial charge in [0.2, 0.25) is 0 Å². The van der Waals surface area contributed by atoms with E-state index in [-0.39, 0.29) is 5.54 Å². The summed E-state index contributed by atoms with van der Waals surface area (Å²) >= 11 is 1.77. The number of aryl methyl sites for hydroxylation is 2. The van der Waals surface area contributed by atoms with E-state index >= 15 is 0 Å². The molecule has 2 heterocycles. The number of ether oxygens (including phenoxy) is 1. The molecule has 1 aliphatic rings. The normalized spacial score (nSPS) is 19.6. The van der Waals surface area contributed by atoms with Gasteiger partial charge in [0, 0.05) is 25.0 Å². The molecule has 4 nitrogen and oxygen atoms in total. The van der Waals surface area contributed by atoms with Gasteiger partial charge in [0.25, 0.3) is 0 Å². The predicted octanol–water partition coefficient (Wildman–Crippen LogP) is 2.97. The zero-order chi connectivity index (χ0) is 14.4. The number of nitrogens with zero attached hydrogens (tertiary/aromatic N) is 2. The molecule has 0 bridgehead atoms. The van der Waals surface area contributed by atoms with Gasteiger partial charge in [-0.2, -0.15) is 0 Å². The van der Waals surface area contributed by atoms with Crippen molar-refractivity contribution in [3.63, 3.8) is 0 Å². The molecule has 0 aromatic carbocycles. The van der Waals surface area contributed by atoms with Gasteiger partial charge in [-0.1, -0.05) is 0 Å². The fourth-order valence-electron chi connectivity index (χ4n) is 2.35. The average Bonchev–Trinajstić information content (AvgIpc) is 3.02. The van der Waals surface area contributed by atoms with Crippen LogP contribution in [-0.4, -0.2) is 35.0 Å². The Hall–Kier alpha value is -0.520. The standard InChI is InChI=1S/C15H27N3OS/c1-15(2,3)16-10-4-7-13-17-18-14(20-13)9-8-12-6-5-11-19-12/h12,16H,4-11H2,1-3H3. The Morgan fingerprint density at radius 1 is 1.25 bits per heavy atom. The van der Waals surface area contributed by atoms with Gasteiger partial charge in [0.05, 0.1) is 6.10 Å². The average molecular weight is 297 g/mol. The number of hydrogen-bond donors (Lipinski definition) is 1. The Kier molecular flexibility index (Phi) is 5.93. The molecular weight excluding hydrogens is 270 g/mol. The second kappa shape index (κ2) is 7.48. The van der Waals surface area contributed by atoms with Crippen LogP contribution in [0, 0.1) is 0 Å². The summed E-state index contributed by atoms with van der Waals surface area (Å²) in [5, 5.41) is 14.4. The molecule has 1 N–H and O–H groups in total. The summed E-state index contributed by atoms with van der Waals surface area (Å²) in [5.41, 5.74) is 0.202. The number of hydrogen-bond acceptors (Lipinski definition) is 5. The van der Waals surface area contributed by atoms with Gasteiger partial charge in [-0.25, -0.2) is 0 Å². The van der Waals surface area contributed by atoms with Gasteiger partial charge in [-0.05, 0) is 53.0 Å². The minimum Gasteiger partial charge on any atom is -0.378 e. The summed E-state index contributed by atoms with van der Waals surface area (Å²) in [5.74, 6) is 0. The van der Waals surface area contributed by atoms with Crippen LogP contribution in [-0.2, 0) is 17.6 Å². The SMILES string of the molecule is CC(C)(C)NCCCc1nnc(CCC2CCCO2)s1. The van der Waals surface area contributed by atoms with Crippen LogP contribution < -0.4 is 5.32 Å². The molecule has 0 amide bonds. The van der Waals surface area contributed by atoms with Crippen molar-refractivity contribution in [2.45, 2.75) is 70.9 Å². The van der Waals surface area contributed by atoms with Gasteiger partial charge in [0.15, 0.2) is 0 Å². The highest BCUT2D eigenvalue weighted by molar-refractivity contribution is 7.11. The van der Waals surface area contributed by atoms with E-state index in [0.717, 1.165) is 38.8 Å². The Morgan fingerprint density at radius 2 is 2.00 bits per heavy atom. The van der Waals surface area contributed by atoms with E-state index < -0.39 is 0 Å². The van der Waals surface area contributed by atoms with Crippen LogP contribution in [0.5, 0.6) is 0 Å². The summed E-state index contributed by atoms with van der Waals surface area (Å²) in [6.07, 6.45) is 7.15. The van der Waals surface area contributed by atoms with Crippen molar-refractivity contribution in [3.05, 3.63) is 10.0 Å². The quantitative estimate of drug-likeness (QED) is 0.786. The smallest absolute Gasteiger partial charge is 0.117 e. The minimum absolute atomic E-state index is 0.202. The molecule has 2 rings (SSSR count). The van der Waals surface area contributed by atoms with Crippen LogP contribution in [0.1, 0.15) is 56.5 Å². The molecule has 114 valence electrons. The van der Waals surface area contributed by atoms with Gasteiger partial charge < -0.3 is 10.1 Å². The monoisotopic (exact) mass is 297 g/mol. The van der Waals surface area contributed by atoms with Gasteiger partial charge in [0.1, 0.15) is 10.0 Å². The van der Waals surface area contributed by atoms with Crippen LogP contribution in [0.3, 0.4) is 0 Å². The highest BCUT2D eigenvalue weighted by atomic mass is 32.1. The van der Waals surface area contributed by atoms with Gasteiger partial charge in [-0.3, -0.25) is 0 Å². The van der Waals surface area contributed by atoms with E-state index in [1.165, 1.54) is 22.9 Å². The van der Waals surface area contributed by atoms with Crippen LogP contribution in [0.15, 0.2) is 0 Å². The Balaban J connectivity index is 1.64. The van der Waals surface area contributed by atoms with Crippen molar-refractivity contribution >= 4 is 11.3 Å². The highest BCUT2D eigenvalue weighted by Gasteiger charge is 2.16. The van der Waals surface area contributed by atoms with E-state index in [4.69, 9.17) is 4.74 Å². The van der Waals surface area contributed by atoms with Gasteiger partial charge in [-0.15, -0.1) is 21.5 Å². The van der Waals surface area contributed by atoms with Crippen molar-refractivity contribution in [2.24, 2.45) is 0 Å². The third kappa shape index (κ3) is 5.85. The molecule has 1 aliphatic heterocycles. The maximum absolute atomic E-state index is 5.64. The van der Waals surface area contributed by atoms with E-state index in [0.29, 0.717) is 6.10 Å². The molecule has 20 heavy (non-hydrogen) atoms. The first-order valence-corrected chi connectivity index (χ1v) is 8.52. The molecule has 1 aromatic rings. The molecule has 1 atom stereocenters. The van der Waals surface area contributed by atoms with Gasteiger partial charge >= 0.3 is 0 Å². The Labute approximate surface area is 126 Å². The van der Waals surface area contributed by atoms with Crippen LogP contribution in [0.25, 0.3) is 0 Å². The van der Waals surface area contributed by atoms with Crippen LogP contribution in [0.2, 0.25) is 0 Å². The van der Waals surface area contributed by atoms with E-state index in [9.17, 15) is 0 Å². The van der Waals surface area contributed by atoms with Crippen molar-refractivity contribution < 1.29 is 4.74 Å². The number of rotatable bonds is 7. The lowest BCUT2D eigenvalue weighted by atomic mass is 10.1. The lowest BCUT2D eigenvalue weighted by Gasteiger charge is -2.20. The van der Waals surface area contributed by atoms with E-state index in [1.807, 2.05) is 0 Å². The molecule has 5 heteroatoms. The van der Waals surface area contributed by atoms with Crippen molar-refractivity contribution in [3.8, 4) is 0 Å². The van der Waals surface area contributed by atoms with Crippen molar-refractivity contribution in [2.75, 3.05) is 13.2 Å². The molecule has 1 aromatic heterocycles. The van der Waals surface area contributed by atoms with Crippen LogP contribution in [0.4, 0.5) is 0 Å². The first kappa shape index (κ1) is 15.9.